The Morgan fingerprint density at radius 1 is 1.32 bits per heavy atom. The third kappa shape index (κ3) is 3.96. The van der Waals surface area contributed by atoms with E-state index in [-0.39, 0.29) is 12.1 Å². The van der Waals surface area contributed by atoms with E-state index in [4.69, 9.17) is 5.73 Å². The third-order valence-corrected chi connectivity index (χ3v) is 3.91. The summed E-state index contributed by atoms with van der Waals surface area (Å²) in [5.74, 6) is 0.630. The van der Waals surface area contributed by atoms with Crippen molar-refractivity contribution in [1.29, 1.82) is 0 Å². The molecule has 0 spiro atoms. The van der Waals surface area contributed by atoms with Gasteiger partial charge in [0.25, 0.3) is 0 Å². The molecule has 4 heteroatoms. The lowest BCUT2D eigenvalue weighted by atomic mass is 10.0. The second-order valence-corrected chi connectivity index (χ2v) is 5.33. The molecule has 1 atom stereocenters. The fourth-order valence-corrected chi connectivity index (χ4v) is 2.67. The van der Waals surface area contributed by atoms with Gasteiger partial charge in [-0.3, -0.25) is 0 Å². The smallest absolute Gasteiger partial charge is 0.319 e. The summed E-state index contributed by atoms with van der Waals surface area (Å²) in [6, 6.07) is 7.72. The van der Waals surface area contributed by atoms with Crippen LogP contribution in [-0.2, 0) is 6.54 Å². The van der Waals surface area contributed by atoms with Crippen LogP contribution in [0.4, 0.5) is 10.5 Å². The molecule has 1 fully saturated rings. The lowest BCUT2D eigenvalue weighted by Gasteiger charge is -2.20. The van der Waals surface area contributed by atoms with Crippen LogP contribution in [0.2, 0.25) is 0 Å². The van der Waals surface area contributed by atoms with Gasteiger partial charge in [0.05, 0.1) is 0 Å². The van der Waals surface area contributed by atoms with Crippen LogP contribution >= 0.6 is 0 Å². The number of hydrogen-bond acceptors (Lipinski definition) is 2. The Kier molecular flexibility index (Phi) is 4.80. The number of carbonyl (C=O) groups excluding carboxylic acids is 1. The lowest BCUT2D eigenvalue weighted by molar-refractivity contribution is 0.244. The summed E-state index contributed by atoms with van der Waals surface area (Å²) in [7, 11) is 0. The SMILES string of the molecule is CC(NC(=O)Nc1ccc(CN)cc1)C1CCCC1. The van der Waals surface area contributed by atoms with Gasteiger partial charge in [-0.2, -0.15) is 0 Å². The molecule has 4 nitrogen and oxygen atoms in total. The van der Waals surface area contributed by atoms with E-state index in [1.165, 1.54) is 25.7 Å². The van der Waals surface area contributed by atoms with E-state index in [0.717, 1.165) is 11.3 Å². The Morgan fingerprint density at radius 3 is 2.53 bits per heavy atom. The highest BCUT2D eigenvalue weighted by Crippen LogP contribution is 2.27. The van der Waals surface area contributed by atoms with Crippen molar-refractivity contribution in [2.24, 2.45) is 11.7 Å². The first kappa shape index (κ1) is 13.9. The molecular weight excluding hydrogens is 238 g/mol. The highest BCUT2D eigenvalue weighted by Gasteiger charge is 2.22. The first-order valence-electron chi connectivity index (χ1n) is 7.05. The van der Waals surface area contributed by atoms with Crippen LogP contribution in [-0.4, -0.2) is 12.1 Å². The normalized spacial score (nSPS) is 17.2. The minimum atomic E-state index is -0.125. The van der Waals surface area contributed by atoms with Gasteiger partial charge >= 0.3 is 6.03 Å². The molecule has 1 aliphatic carbocycles. The molecule has 104 valence electrons. The van der Waals surface area contributed by atoms with Crippen molar-refractivity contribution in [1.82, 2.24) is 5.32 Å². The molecule has 4 N–H and O–H groups in total. The van der Waals surface area contributed by atoms with Crippen LogP contribution in [0.15, 0.2) is 24.3 Å². The zero-order valence-electron chi connectivity index (χ0n) is 11.5. The summed E-state index contributed by atoms with van der Waals surface area (Å²) in [6.45, 7) is 2.61. The molecule has 0 radical (unpaired) electrons. The quantitative estimate of drug-likeness (QED) is 0.780. The van der Waals surface area contributed by atoms with Gasteiger partial charge in [-0.15, -0.1) is 0 Å². The summed E-state index contributed by atoms with van der Waals surface area (Å²) in [4.78, 5) is 11.9. The molecule has 1 saturated carbocycles. The maximum absolute atomic E-state index is 11.9. The largest absolute Gasteiger partial charge is 0.335 e. The average Bonchev–Trinajstić information content (AvgIpc) is 2.93. The molecule has 1 aromatic carbocycles. The van der Waals surface area contributed by atoms with E-state index in [9.17, 15) is 4.79 Å². The summed E-state index contributed by atoms with van der Waals surface area (Å²) in [6.07, 6.45) is 5.04. The number of carbonyl (C=O) groups is 1. The van der Waals surface area contributed by atoms with Crippen molar-refractivity contribution in [2.75, 3.05) is 5.32 Å². The van der Waals surface area contributed by atoms with Crippen molar-refractivity contribution >= 4 is 11.7 Å². The van der Waals surface area contributed by atoms with Gasteiger partial charge in [0.2, 0.25) is 0 Å². The topological polar surface area (TPSA) is 67.2 Å². The van der Waals surface area contributed by atoms with Crippen molar-refractivity contribution < 1.29 is 4.79 Å². The summed E-state index contributed by atoms with van der Waals surface area (Å²) in [5, 5.41) is 5.88. The molecule has 0 aliphatic heterocycles. The molecule has 19 heavy (non-hydrogen) atoms. The van der Waals surface area contributed by atoms with Crippen LogP contribution < -0.4 is 16.4 Å². The maximum Gasteiger partial charge on any atom is 0.319 e. The van der Waals surface area contributed by atoms with Gasteiger partial charge in [-0.05, 0) is 43.4 Å². The number of nitrogens with one attached hydrogen (secondary N) is 2. The van der Waals surface area contributed by atoms with Gasteiger partial charge in [-0.25, -0.2) is 4.79 Å². The van der Waals surface area contributed by atoms with Gasteiger partial charge in [0, 0.05) is 18.3 Å². The van der Waals surface area contributed by atoms with Gasteiger partial charge < -0.3 is 16.4 Å². The molecule has 1 aromatic rings. The van der Waals surface area contributed by atoms with Crippen molar-refractivity contribution in [3.8, 4) is 0 Å². The van der Waals surface area contributed by atoms with Crippen LogP contribution in [0.3, 0.4) is 0 Å². The van der Waals surface area contributed by atoms with Crippen molar-refractivity contribution in [3.05, 3.63) is 29.8 Å². The number of hydrogen-bond donors (Lipinski definition) is 3. The maximum atomic E-state index is 11.9. The predicted octanol–water partition coefficient (Wildman–Crippen LogP) is 2.85. The summed E-state index contributed by atoms with van der Waals surface area (Å²) >= 11 is 0. The second-order valence-electron chi connectivity index (χ2n) is 5.33. The van der Waals surface area contributed by atoms with E-state index < -0.39 is 0 Å². The van der Waals surface area contributed by atoms with E-state index in [1.807, 2.05) is 24.3 Å². The van der Waals surface area contributed by atoms with E-state index >= 15 is 0 Å². The zero-order valence-corrected chi connectivity index (χ0v) is 11.5. The van der Waals surface area contributed by atoms with E-state index in [0.29, 0.717) is 12.5 Å². The number of nitrogens with two attached hydrogens (primary N) is 1. The average molecular weight is 261 g/mol. The molecule has 1 aliphatic rings. The molecule has 0 aromatic heterocycles. The van der Waals surface area contributed by atoms with Gasteiger partial charge in [-0.1, -0.05) is 25.0 Å². The minimum absolute atomic E-state index is 0.125. The molecular formula is C15H23N3O. The Hall–Kier alpha value is -1.55. The number of urea groups is 1. The predicted molar refractivity (Wildman–Crippen MR) is 77.9 cm³/mol. The van der Waals surface area contributed by atoms with Crippen molar-refractivity contribution in [3.63, 3.8) is 0 Å². The van der Waals surface area contributed by atoms with Crippen LogP contribution in [0.25, 0.3) is 0 Å². The second kappa shape index (κ2) is 6.57. The van der Waals surface area contributed by atoms with Crippen LogP contribution in [0.5, 0.6) is 0 Å². The molecule has 2 amide bonds. The Balaban J connectivity index is 1.82. The fraction of sp³-hybridized carbons (Fsp3) is 0.533. The number of benzene rings is 1. The zero-order chi connectivity index (χ0) is 13.7. The molecule has 1 unspecified atom stereocenters. The van der Waals surface area contributed by atoms with E-state index in [2.05, 4.69) is 17.6 Å². The summed E-state index contributed by atoms with van der Waals surface area (Å²) < 4.78 is 0. The molecule has 0 bridgehead atoms. The third-order valence-electron chi connectivity index (χ3n) is 3.91. The number of rotatable bonds is 4. The van der Waals surface area contributed by atoms with Crippen LogP contribution in [0, 0.1) is 5.92 Å². The fourth-order valence-electron chi connectivity index (χ4n) is 2.67. The van der Waals surface area contributed by atoms with E-state index in [1.54, 1.807) is 0 Å². The van der Waals surface area contributed by atoms with Gasteiger partial charge in [0.15, 0.2) is 0 Å². The molecule has 0 saturated heterocycles. The van der Waals surface area contributed by atoms with Gasteiger partial charge in [0.1, 0.15) is 0 Å². The van der Waals surface area contributed by atoms with Crippen molar-refractivity contribution in [2.45, 2.75) is 45.2 Å². The number of anilines is 1. The molecule has 2 rings (SSSR count). The first-order valence-corrected chi connectivity index (χ1v) is 7.05. The standard InChI is InChI=1S/C15H23N3O/c1-11(13-4-2-3-5-13)17-15(19)18-14-8-6-12(10-16)7-9-14/h6-9,11,13H,2-5,10,16H2,1H3,(H2,17,18,19). The number of amides is 2. The first-order chi connectivity index (χ1) is 9.19. The molecule has 0 heterocycles. The Labute approximate surface area is 114 Å². The summed E-state index contributed by atoms with van der Waals surface area (Å²) in [5.41, 5.74) is 7.40. The van der Waals surface area contributed by atoms with Crippen LogP contribution in [0.1, 0.15) is 38.2 Å². The lowest BCUT2D eigenvalue weighted by Crippen LogP contribution is -2.39. The highest BCUT2D eigenvalue weighted by molar-refractivity contribution is 5.89. The monoisotopic (exact) mass is 261 g/mol. The highest BCUT2D eigenvalue weighted by atomic mass is 16.2. The Bertz CT molecular complexity index is 410. The Morgan fingerprint density at radius 2 is 1.95 bits per heavy atom. The minimum Gasteiger partial charge on any atom is -0.335 e.